The van der Waals surface area contributed by atoms with E-state index >= 15 is 0 Å². The number of ether oxygens (including phenoxy) is 1. The second-order valence-corrected chi connectivity index (χ2v) is 8.19. The van der Waals surface area contributed by atoms with Crippen molar-refractivity contribution in [3.05, 3.63) is 35.9 Å². The van der Waals surface area contributed by atoms with Gasteiger partial charge in [-0.2, -0.15) is 0 Å². The number of nitrogens with one attached hydrogen (secondary N) is 1. The average Bonchev–Trinajstić information content (AvgIpc) is 2.47. The first-order valence-electron chi connectivity index (χ1n) is 7.43. The molecule has 0 heterocycles. The van der Waals surface area contributed by atoms with Crippen molar-refractivity contribution >= 4 is 9.84 Å². The van der Waals surface area contributed by atoms with E-state index in [1.54, 1.807) is 21.0 Å². The van der Waals surface area contributed by atoms with Crippen molar-refractivity contribution in [3.8, 4) is 0 Å². The summed E-state index contributed by atoms with van der Waals surface area (Å²) in [6.45, 7) is 5.68. The van der Waals surface area contributed by atoms with Crippen LogP contribution in [0.4, 0.5) is 0 Å². The maximum absolute atomic E-state index is 12.0. The van der Waals surface area contributed by atoms with Gasteiger partial charge in [0.05, 0.1) is 17.6 Å². The Morgan fingerprint density at radius 2 is 1.86 bits per heavy atom. The van der Waals surface area contributed by atoms with E-state index in [9.17, 15) is 8.42 Å². The molecule has 1 N–H and O–H groups in total. The molecule has 0 aliphatic rings. The Bertz CT molecular complexity index is 486. The van der Waals surface area contributed by atoms with Crippen LogP contribution in [0.5, 0.6) is 0 Å². The van der Waals surface area contributed by atoms with Gasteiger partial charge in [0.15, 0.2) is 9.84 Å². The van der Waals surface area contributed by atoms with E-state index in [1.165, 1.54) is 5.56 Å². The number of sulfone groups is 1. The van der Waals surface area contributed by atoms with E-state index in [4.69, 9.17) is 4.74 Å². The zero-order valence-corrected chi connectivity index (χ0v) is 14.0. The maximum atomic E-state index is 12.0. The molecule has 0 aliphatic heterocycles. The van der Waals surface area contributed by atoms with Gasteiger partial charge in [0.1, 0.15) is 0 Å². The molecular formula is C16H27NO3S. The molecule has 1 unspecified atom stereocenters. The summed E-state index contributed by atoms with van der Waals surface area (Å²) < 4.78 is 29.0. The third-order valence-electron chi connectivity index (χ3n) is 3.61. The molecule has 0 spiro atoms. The third-order valence-corrected chi connectivity index (χ3v) is 5.85. The number of methoxy groups -OCH3 is 1. The first-order chi connectivity index (χ1) is 9.97. The van der Waals surface area contributed by atoms with Gasteiger partial charge >= 0.3 is 0 Å². The lowest BCUT2D eigenvalue weighted by Gasteiger charge is -2.19. The molecule has 0 amide bonds. The second-order valence-electron chi connectivity index (χ2n) is 5.51. The molecule has 1 rings (SSSR count). The molecule has 0 aliphatic carbocycles. The molecule has 1 atom stereocenters. The molecule has 1 aromatic rings. The highest BCUT2D eigenvalue weighted by molar-refractivity contribution is 7.91. The minimum atomic E-state index is -2.99. The smallest absolute Gasteiger partial charge is 0.152 e. The maximum Gasteiger partial charge on any atom is 0.152 e. The zero-order valence-electron chi connectivity index (χ0n) is 13.2. The normalized spacial score (nSPS) is 13.5. The van der Waals surface area contributed by atoms with Crippen LogP contribution in [0.1, 0.15) is 31.7 Å². The van der Waals surface area contributed by atoms with Crippen LogP contribution in [0.25, 0.3) is 0 Å². The van der Waals surface area contributed by atoms with Gasteiger partial charge in [-0.05, 0) is 31.7 Å². The second kappa shape index (κ2) is 9.18. The van der Waals surface area contributed by atoms with Gasteiger partial charge in [-0.1, -0.05) is 30.3 Å². The lowest BCUT2D eigenvalue weighted by Crippen LogP contribution is -2.27. The quantitative estimate of drug-likeness (QED) is 0.673. The van der Waals surface area contributed by atoms with Crippen molar-refractivity contribution in [2.45, 2.75) is 31.4 Å². The molecule has 0 fully saturated rings. The summed E-state index contributed by atoms with van der Waals surface area (Å²) in [5, 5.41) is 3.02. The fourth-order valence-corrected chi connectivity index (χ4v) is 3.19. The molecule has 1 aromatic carbocycles. The summed E-state index contributed by atoms with van der Waals surface area (Å²) in [4.78, 5) is 0. The van der Waals surface area contributed by atoms with E-state index in [0.29, 0.717) is 13.0 Å². The molecule has 0 radical (unpaired) electrons. The standard InChI is InChI=1S/C16H27NO3S/c1-14(2)21(18,19)12-9-16(13-17-10-11-20-3)15-7-5-4-6-8-15/h4-8,14,16-17H,9-13H2,1-3H3. The van der Waals surface area contributed by atoms with Crippen LogP contribution in [0.2, 0.25) is 0 Å². The highest BCUT2D eigenvalue weighted by Crippen LogP contribution is 2.20. The Morgan fingerprint density at radius 1 is 1.19 bits per heavy atom. The average molecular weight is 313 g/mol. The van der Waals surface area contributed by atoms with Crippen molar-refractivity contribution < 1.29 is 13.2 Å². The monoisotopic (exact) mass is 313 g/mol. The van der Waals surface area contributed by atoms with E-state index < -0.39 is 9.84 Å². The predicted molar refractivity (Wildman–Crippen MR) is 87.5 cm³/mol. The Labute approximate surface area is 128 Å². The van der Waals surface area contributed by atoms with Gasteiger partial charge in [-0.15, -0.1) is 0 Å². The fourth-order valence-electron chi connectivity index (χ4n) is 2.10. The molecule has 21 heavy (non-hydrogen) atoms. The summed E-state index contributed by atoms with van der Waals surface area (Å²) in [5.41, 5.74) is 1.18. The van der Waals surface area contributed by atoms with Crippen LogP contribution in [0, 0.1) is 0 Å². The van der Waals surface area contributed by atoms with Crippen LogP contribution >= 0.6 is 0 Å². The van der Waals surface area contributed by atoms with E-state index in [1.807, 2.05) is 18.2 Å². The molecule has 0 bridgehead atoms. The van der Waals surface area contributed by atoms with Gasteiger partial charge in [0.25, 0.3) is 0 Å². The number of benzene rings is 1. The zero-order chi connectivity index (χ0) is 15.7. The first-order valence-corrected chi connectivity index (χ1v) is 9.15. The van der Waals surface area contributed by atoms with Gasteiger partial charge < -0.3 is 10.1 Å². The van der Waals surface area contributed by atoms with Crippen molar-refractivity contribution in [2.24, 2.45) is 0 Å². The van der Waals surface area contributed by atoms with Gasteiger partial charge in [-0.25, -0.2) is 8.42 Å². The Morgan fingerprint density at radius 3 is 2.43 bits per heavy atom. The lowest BCUT2D eigenvalue weighted by molar-refractivity contribution is 0.199. The highest BCUT2D eigenvalue weighted by Gasteiger charge is 2.19. The molecule has 4 nitrogen and oxygen atoms in total. The minimum absolute atomic E-state index is 0.205. The van der Waals surface area contributed by atoms with Gasteiger partial charge in [0.2, 0.25) is 0 Å². The summed E-state index contributed by atoms with van der Waals surface area (Å²) in [6, 6.07) is 10.1. The van der Waals surface area contributed by atoms with Gasteiger partial charge in [-0.3, -0.25) is 0 Å². The summed E-state index contributed by atoms with van der Waals surface area (Å²) >= 11 is 0. The highest BCUT2D eigenvalue weighted by atomic mass is 32.2. The molecule has 0 saturated heterocycles. The summed E-state index contributed by atoms with van der Waals surface area (Å²) in [7, 11) is -1.32. The molecular weight excluding hydrogens is 286 g/mol. The van der Waals surface area contributed by atoms with Crippen molar-refractivity contribution in [2.75, 3.05) is 32.6 Å². The molecule has 0 saturated carbocycles. The molecule has 5 heteroatoms. The topological polar surface area (TPSA) is 55.4 Å². The largest absolute Gasteiger partial charge is 0.383 e. The SMILES string of the molecule is COCCNCC(CCS(=O)(=O)C(C)C)c1ccccc1. The number of rotatable bonds is 10. The summed E-state index contributed by atoms with van der Waals surface area (Å²) in [5.74, 6) is 0.437. The fraction of sp³-hybridized carbons (Fsp3) is 0.625. The van der Waals surface area contributed by atoms with E-state index in [-0.39, 0.29) is 16.9 Å². The Balaban J connectivity index is 2.64. The molecule has 0 aromatic heterocycles. The van der Waals surface area contributed by atoms with Gasteiger partial charge in [0, 0.05) is 20.2 Å². The van der Waals surface area contributed by atoms with Crippen molar-refractivity contribution in [1.82, 2.24) is 5.32 Å². The Kier molecular flexibility index (Phi) is 7.93. The van der Waals surface area contributed by atoms with E-state index in [2.05, 4.69) is 17.4 Å². The number of hydrogen-bond donors (Lipinski definition) is 1. The van der Waals surface area contributed by atoms with Crippen molar-refractivity contribution in [3.63, 3.8) is 0 Å². The van der Waals surface area contributed by atoms with Crippen molar-refractivity contribution in [1.29, 1.82) is 0 Å². The Hall–Kier alpha value is -0.910. The summed E-state index contributed by atoms with van der Waals surface area (Å²) in [6.07, 6.45) is 0.643. The minimum Gasteiger partial charge on any atom is -0.383 e. The van der Waals surface area contributed by atoms with Crippen LogP contribution < -0.4 is 5.32 Å². The van der Waals surface area contributed by atoms with Crippen LogP contribution in [0.15, 0.2) is 30.3 Å². The third kappa shape index (κ3) is 6.59. The number of hydrogen-bond acceptors (Lipinski definition) is 4. The van der Waals surface area contributed by atoms with Crippen LogP contribution in [0.3, 0.4) is 0 Å². The molecule has 120 valence electrons. The lowest BCUT2D eigenvalue weighted by atomic mass is 9.96. The van der Waals surface area contributed by atoms with Crippen LogP contribution in [-0.4, -0.2) is 46.2 Å². The van der Waals surface area contributed by atoms with E-state index in [0.717, 1.165) is 13.1 Å². The predicted octanol–water partition coefficient (Wildman–Crippen LogP) is 2.22. The van der Waals surface area contributed by atoms with Crippen LogP contribution in [-0.2, 0) is 14.6 Å². The first kappa shape index (κ1) is 18.1.